The van der Waals surface area contributed by atoms with Crippen molar-refractivity contribution in [2.75, 3.05) is 19.6 Å². The SMILES string of the molecule is CC/C(=N\NC(=O)CCN1CCCCC1)c1cccc(Cl)c1. The van der Waals surface area contributed by atoms with E-state index in [9.17, 15) is 4.79 Å². The van der Waals surface area contributed by atoms with Gasteiger partial charge in [-0.3, -0.25) is 4.79 Å². The molecule has 1 amide bonds. The first-order valence-corrected chi connectivity index (χ1v) is 8.40. The Labute approximate surface area is 137 Å². The van der Waals surface area contributed by atoms with E-state index in [0.717, 1.165) is 37.3 Å². The van der Waals surface area contributed by atoms with Crippen molar-refractivity contribution in [3.63, 3.8) is 0 Å². The smallest absolute Gasteiger partial charge is 0.241 e. The lowest BCUT2D eigenvalue weighted by atomic mass is 10.1. The summed E-state index contributed by atoms with van der Waals surface area (Å²) in [5, 5.41) is 4.93. The largest absolute Gasteiger partial charge is 0.303 e. The van der Waals surface area contributed by atoms with Crippen LogP contribution in [0.15, 0.2) is 29.4 Å². The zero-order valence-corrected chi connectivity index (χ0v) is 13.9. The quantitative estimate of drug-likeness (QED) is 0.644. The fourth-order valence-corrected chi connectivity index (χ4v) is 2.83. The average Bonchev–Trinajstić information content (AvgIpc) is 2.54. The molecule has 1 aliphatic heterocycles. The normalized spacial score (nSPS) is 16.5. The van der Waals surface area contributed by atoms with Gasteiger partial charge >= 0.3 is 0 Å². The lowest BCUT2D eigenvalue weighted by molar-refractivity contribution is -0.121. The van der Waals surface area contributed by atoms with Crippen LogP contribution in [-0.4, -0.2) is 36.2 Å². The van der Waals surface area contributed by atoms with Crippen LogP contribution < -0.4 is 5.43 Å². The number of hydrazone groups is 1. The summed E-state index contributed by atoms with van der Waals surface area (Å²) in [6.45, 7) is 5.05. The van der Waals surface area contributed by atoms with Crippen molar-refractivity contribution in [1.29, 1.82) is 0 Å². The van der Waals surface area contributed by atoms with Gasteiger partial charge in [-0.1, -0.05) is 37.1 Å². The number of carbonyl (C=O) groups excluding carboxylic acids is 1. The molecule has 0 spiro atoms. The van der Waals surface area contributed by atoms with Crippen LogP contribution in [0.1, 0.15) is 44.6 Å². The number of amides is 1. The van der Waals surface area contributed by atoms with Gasteiger partial charge in [-0.2, -0.15) is 5.10 Å². The Morgan fingerprint density at radius 2 is 2.09 bits per heavy atom. The molecule has 0 unspecified atom stereocenters. The fourth-order valence-electron chi connectivity index (χ4n) is 2.64. The minimum Gasteiger partial charge on any atom is -0.303 e. The Morgan fingerprint density at radius 3 is 2.77 bits per heavy atom. The molecule has 1 N–H and O–H groups in total. The highest BCUT2D eigenvalue weighted by molar-refractivity contribution is 6.31. The summed E-state index contributed by atoms with van der Waals surface area (Å²) in [5.41, 5.74) is 4.46. The summed E-state index contributed by atoms with van der Waals surface area (Å²) in [6, 6.07) is 7.54. The van der Waals surface area contributed by atoms with Gasteiger partial charge in [0.05, 0.1) is 5.71 Å². The predicted octanol–water partition coefficient (Wildman–Crippen LogP) is 3.45. The number of nitrogens with one attached hydrogen (secondary N) is 1. The molecule has 2 rings (SSSR count). The molecule has 1 aromatic rings. The third-order valence-corrected chi connectivity index (χ3v) is 4.15. The third kappa shape index (κ3) is 5.43. The minimum atomic E-state index is -0.0291. The van der Waals surface area contributed by atoms with Crippen LogP contribution in [0, 0.1) is 0 Å². The molecule has 0 aliphatic carbocycles. The Balaban J connectivity index is 1.84. The van der Waals surface area contributed by atoms with Gasteiger partial charge in [0, 0.05) is 18.0 Å². The van der Waals surface area contributed by atoms with Gasteiger partial charge in [0.1, 0.15) is 0 Å². The standard InChI is InChI=1S/C17H24ClN3O/c1-2-16(14-7-6-8-15(18)13-14)19-20-17(22)9-12-21-10-4-3-5-11-21/h6-8,13H,2-5,9-12H2,1H3,(H,20,22)/b19-16+. The van der Waals surface area contributed by atoms with Crippen LogP contribution in [0.2, 0.25) is 5.02 Å². The molecule has 1 aromatic carbocycles. The molecule has 0 saturated carbocycles. The molecule has 5 heteroatoms. The van der Waals surface area contributed by atoms with Gasteiger partial charge in [0.15, 0.2) is 0 Å². The van der Waals surface area contributed by atoms with Crippen molar-refractivity contribution in [3.05, 3.63) is 34.9 Å². The van der Waals surface area contributed by atoms with Gasteiger partial charge in [0.2, 0.25) is 5.91 Å². The van der Waals surface area contributed by atoms with Gasteiger partial charge < -0.3 is 4.90 Å². The van der Waals surface area contributed by atoms with Crippen LogP contribution in [0.5, 0.6) is 0 Å². The molecule has 1 fully saturated rings. The predicted molar refractivity (Wildman–Crippen MR) is 91.3 cm³/mol. The van der Waals surface area contributed by atoms with Crippen molar-refractivity contribution in [2.45, 2.75) is 39.0 Å². The summed E-state index contributed by atoms with van der Waals surface area (Å²) in [4.78, 5) is 14.3. The lowest BCUT2D eigenvalue weighted by Gasteiger charge is -2.25. The van der Waals surface area contributed by atoms with E-state index in [1.165, 1.54) is 19.3 Å². The Morgan fingerprint density at radius 1 is 1.32 bits per heavy atom. The number of likely N-dealkylation sites (tertiary alicyclic amines) is 1. The maximum Gasteiger partial charge on any atom is 0.241 e. The molecule has 4 nitrogen and oxygen atoms in total. The van der Waals surface area contributed by atoms with Crippen LogP contribution in [0.3, 0.4) is 0 Å². The number of hydrogen-bond acceptors (Lipinski definition) is 3. The number of carbonyl (C=O) groups is 1. The van der Waals surface area contributed by atoms with Gasteiger partial charge in [-0.15, -0.1) is 0 Å². The molecule has 1 heterocycles. The van der Waals surface area contributed by atoms with Crippen LogP contribution >= 0.6 is 11.6 Å². The summed E-state index contributed by atoms with van der Waals surface area (Å²) < 4.78 is 0. The molecule has 0 aromatic heterocycles. The Bertz CT molecular complexity index is 524. The lowest BCUT2D eigenvalue weighted by Crippen LogP contribution is -2.33. The number of benzene rings is 1. The second kappa shape index (κ2) is 8.91. The molecule has 0 bridgehead atoms. The summed E-state index contributed by atoms with van der Waals surface area (Å²) in [7, 11) is 0. The van der Waals surface area contributed by atoms with Crippen LogP contribution in [0.4, 0.5) is 0 Å². The molecular formula is C17H24ClN3O. The van der Waals surface area contributed by atoms with Crippen molar-refractivity contribution in [3.8, 4) is 0 Å². The highest BCUT2D eigenvalue weighted by Crippen LogP contribution is 2.13. The van der Waals surface area contributed by atoms with Gasteiger partial charge in [-0.05, 0) is 50.0 Å². The van der Waals surface area contributed by atoms with E-state index in [1.54, 1.807) is 0 Å². The first-order valence-electron chi connectivity index (χ1n) is 8.02. The summed E-state index contributed by atoms with van der Waals surface area (Å²) in [5.74, 6) is -0.0291. The zero-order chi connectivity index (χ0) is 15.8. The number of halogens is 1. The Hall–Kier alpha value is -1.39. The average molecular weight is 322 g/mol. The second-order valence-electron chi connectivity index (χ2n) is 5.61. The number of nitrogens with zero attached hydrogens (tertiary/aromatic N) is 2. The van der Waals surface area contributed by atoms with Crippen molar-refractivity contribution in [2.24, 2.45) is 5.10 Å². The molecule has 22 heavy (non-hydrogen) atoms. The van der Waals surface area contributed by atoms with E-state index < -0.39 is 0 Å². The molecular weight excluding hydrogens is 298 g/mol. The van der Waals surface area contributed by atoms with Crippen LogP contribution in [0.25, 0.3) is 0 Å². The van der Waals surface area contributed by atoms with E-state index in [0.29, 0.717) is 11.4 Å². The van der Waals surface area contributed by atoms with Crippen molar-refractivity contribution >= 4 is 23.2 Å². The molecule has 1 saturated heterocycles. The van der Waals surface area contributed by atoms with Gasteiger partial charge in [0.25, 0.3) is 0 Å². The highest BCUT2D eigenvalue weighted by Gasteiger charge is 2.11. The monoisotopic (exact) mass is 321 g/mol. The van der Waals surface area contributed by atoms with Gasteiger partial charge in [-0.25, -0.2) is 5.43 Å². The van der Waals surface area contributed by atoms with E-state index in [4.69, 9.17) is 11.6 Å². The highest BCUT2D eigenvalue weighted by atomic mass is 35.5. The van der Waals surface area contributed by atoms with E-state index in [2.05, 4.69) is 15.4 Å². The van der Waals surface area contributed by atoms with Crippen molar-refractivity contribution in [1.82, 2.24) is 10.3 Å². The van der Waals surface area contributed by atoms with Crippen molar-refractivity contribution < 1.29 is 4.79 Å². The summed E-state index contributed by atoms with van der Waals surface area (Å²) >= 11 is 6.00. The minimum absolute atomic E-state index is 0.0291. The van der Waals surface area contributed by atoms with E-state index in [-0.39, 0.29) is 5.91 Å². The topological polar surface area (TPSA) is 44.7 Å². The van der Waals surface area contributed by atoms with E-state index in [1.807, 2.05) is 31.2 Å². The molecule has 1 aliphatic rings. The van der Waals surface area contributed by atoms with Crippen LogP contribution in [-0.2, 0) is 4.79 Å². The maximum absolute atomic E-state index is 11.9. The maximum atomic E-state index is 11.9. The molecule has 0 atom stereocenters. The third-order valence-electron chi connectivity index (χ3n) is 3.91. The second-order valence-corrected chi connectivity index (χ2v) is 6.05. The Kier molecular flexibility index (Phi) is 6.87. The first kappa shape index (κ1) is 17.0. The number of hydrogen-bond donors (Lipinski definition) is 1. The molecule has 0 radical (unpaired) electrons. The summed E-state index contributed by atoms with van der Waals surface area (Å²) in [6.07, 6.45) is 5.04. The fraction of sp³-hybridized carbons (Fsp3) is 0.529. The molecule has 120 valence electrons. The van der Waals surface area contributed by atoms with E-state index >= 15 is 0 Å². The zero-order valence-electron chi connectivity index (χ0n) is 13.1. The number of piperidine rings is 1. The first-order chi connectivity index (χ1) is 10.7. The number of rotatable bonds is 6.